The molecule has 8 nitrogen and oxygen atoms in total. The highest BCUT2D eigenvalue weighted by Crippen LogP contribution is 2.44. The minimum Gasteiger partial charge on any atom is -0.383 e. The molecular weight excluding hydrogens is 463 g/mol. The van der Waals surface area contributed by atoms with Crippen molar-refractivity contribution in [1.29, 1.82) is 0 Å². The number of alkyl halides is 5. The molecule has 0 fully saturated rings. The average molecular weight is 484 g/mol. The highest BCUT2D eigenvalue weighted by molar-refractivity contribution is 6.40. The minimum atomic E-state index is -5.74. The summed E-state index contributed by atoms with van der Waals surface area (Å²) in [6, 6.07) is 1.70. The van der Waals surface area contributed by atoms with E-state index in [1.54, 1.807) is 6.92 Å². The standard InChI is InChI=1S/C21H21F5N6O2/c1-4-32(11(3)13-6-5-12(7-10(13)2)20(22,23)21(24,25)26)19(34)18(33)30-15-9-28-17(27)14-8-29-31-16(14)15/h5-9,11H,4H2,1-3H3,(H2,27,28)(H,29,31)(H,30,33). The summed E-state index contributed by atoms with van der Waals surface area (Å²) in [5.41, 5.74) is 5.49. The number of carbonyl (C=O) groups excluding carboxylic acids is 2. The number of hydrogen-bond donors (Lipinski definition) is 3. The summed E-state index contributed by atoms with van der Waals surface area (Å²) in [5.74, 6) is -6.80. The van der Waals surface area contributed by atoms with Gasteiger partial charge in [-0.3, -0.25) is 14.7 Å². The topological polar surface area (TPSA) is 117 Å². The molecule has 13 heteroatoms. The van der Waals surface area contributed by atoms with E-state index in [0.29, 0.717) is 22.5 Å². The van der Waals surface area contributed by atoms with Crippen molar-refractivity contribution in [2.75, 3.05) is 17.6 Å². The Bertz CT molecular complexity index is 1240. The van der Waals surface area contributed by atoms with Gasteiger partial charge in [0.15, 0.2) is 0 Å². The van der Waals surface area contributed by atoms with Crippen molar-refractivity contribution in [2.24, 2.45) is 0 Å². The third kappa shape index (κ3) is 4.37. The molecule has 1 atom stereocenters. The fourth-order valence-corrected chi connectivity index (χ4v) is 3.62. The number of nitrogens with two attached hydrogens (primary N) is 1. The number of aryl methyl sites for hydroxylation is 1. The molecule has 1 unspecified atom stereocenters. The maximum Gasteiger partial charge on any atom is 0.458 e. The molecule has 2 aromatic heterocycles. The summed E-state index contributed by atoms with van der Waals surface area (Å²) in [6.45, 7) is 4.56. The zero-order valence-electron chi connectivity index (χ0n) is 18.3. The van der Waals surface area contributed by atoms with Crippen molar-refractivity contribution >= 4 is 34.2 Å². The molecule has 0 aliphatic carbocycles. The lowest BCUT2D eigenvalue weighted by Gasteiger charge is -2.29. The molecule has 0 bridgehead atoms. The van der Waals surface area contributed by atoms with E-state index in [4.69, 9.17) is 5.73 Å². The van der Waals surface area contributed by atoms with E-state index >= 15 is 0 Å². The van der Waals surface area contributed by atoms with Crippen LogP contribution in [-0.2, 0) is 15.5 Å². The molecule has 4 N–H and O–H groups in total. The van der Waals surface area contributed by atoms with Crippen molar-refractivity contribution < 1.29 is 31.5 Å². The van der Waals surface area contributed by atoms with Crippen molar-refractivity contribution in [1.82, 2.24) is 20.1 Å². The summed E-state index contributed by atoms with van der Waals surface area (Å²) in [6.07, 6.45) is -3.08. The number of nitrogens with zero attached hydrogens (tertiary/aromatic N) is 3. The Hall–Kier alpha value is -3.77. The summed E-state index contributed by atoms with van der Waals surface area (Å²) >= 11 is 0. The summed E-state index contributed by atoms with van der Waals surface area (Å²) in [7, 11) is 0. The largest absolute Gasteiger partial charge is 0.458 e. The summed E-state index contributed by atoms with van der Waals surface area (Å²) in [5, 5.41) is 9.36. The van der Waals surface area contributed by atoms with Crippen LogP contribution in [0.25, 0.3) is 10.9 Å². The zero-order valence-corrected chi connectivity index (χ0v) is 18.3. The molecule has 0 saturated heterocycles. The highest BCUT2D eigenvalue weighted by atomic mass is 19.4. The molecule has 0 spiro atoms. The molecule has 2 amide bonds. The molecule has 0 aliphatic rings. The lowest BCUT2D eigenvalue weighted by Crippen LogP contribution is -2.41. The second kappa shape index (κ2) is 8.88. The van der Waals surface area contributed by atoms with E-state index in [-0.39, 0.29) is 23.6 Å². The number of halogens is 5. The predicted molar refractivity (Wildman–Crippen MR) is 114 cm³/mol. The lowest BCUT2D eigenvalue weighted by atomic mass is 9.96. The molecule has 0 aliphatic heterocycles. The van der Waals surface area contributed by atoms with E-state index < -0.39 is 35.5 Å². The number of aromatic nitrogens is 3. The highest BCUT2D eigenvalue weighted by Gasteiger charge is 2.58. The van der Waals surface area contributed by atoms with Gasteiger partial charge in [-0.2, -0.15) is 27.1 Å². The molecule has 1 aromatic carbocycles. The van der Waals surface area contributed by atoms with Gasteiger partial charge < -0.3 is 16.0 Å². The predicted octanol–water partition coefficient (Wildman–Crippen LogP) is 4.05. The van der Waals surface area contributed by atoms with Crippen LogP contribution < -0.4 is 11.1 Å². The second-order valence-electron chi connectivity index (χ2n) is 7.58. The number of nitrogens with one attached hydrogen (secondary N) is 2. The van der Waals surface area contributed by atoms with Crippen LogP contribution in [0.2, 0.25) is 0 Å². The number of fused-ring (bicyclic) bond motifs is 1. The quantitative estimate of drug-likeness (QED) is 0.373. The number of hydrogen-bond acceptors (Lipinski definition) is 5. The average Bonchev–Trinajstić information content (AvgIpc) is 3.26. The van der Waals surface area contributed by atoms with Gasteiger partial charge in [-0.15, -0.1) is 0 Å². The summed E-state index contributed by atoms with van der Waals surface area (Å²) in [4.78, 5) is 30.6. The Morgan fingerprint density at radius 1 is 1.21 bits per heavy atom. The number of carbonyl (C=O) groups is 2. The Kier molecular flexibility index (Phi) is 6.49. The molecule has 3 rings (SSSR count). The number of anilines is 2. The van der Waals surface area contributed by atoms with Crippen LogP contribution >= 0.6 is 0 Å². The van der Waals surface area contributed by atoms with Gasteiger partial charge >= 0.3 is 23.9 Å². The number of benzene rings is 1. The van der Waals surface area contributed by atoms with Gasteiger partial charge in [0, 0.05) is 12.1 Å². The molecule has 182 valence electrons. The summed E-state index contributed by atoms with van der Waals surface area (Å²) < 4.78 is 65.5. The van der Waals surface area contributed by atoms with Crippen molar-refractivity contribution in [3.05, 3.63) is 47.3 Å². The van der Waals surface area contributed by atoms with Crippen LogP contribution in [0.4, 0.5) is 33.5 Å². The number of nitrogen functional groups attached to an aromatic ring is 1. The zero-order chi connectivity index (χ0) is 25.4. The third-order valence-corrected chi connectivity index (χ3v) is 5.47. The van der Waals surface area contributed by atoms with Crippen molar-refractivity contribution in [2.45, 2.75) is 38.9 Å². The third-order valence-electron chi connectivity index (χ3n) is 5.47. The van der Waals surface area contributed by atoms with Gasteiger partial charge in [-0.25, -0.2) is 4.98 Å². The number of rotatable bonds is 5. The molecular formula is C21H21F5N6O2. The van der Waals surface area contributed by atoms with E-state index in [2.05, 4.69) is 20.5 Å². The van der Waals surface area contributed by atoms with Crippen LogP contribution in [0.5, 0.6) is 0 Å². The van der Waals surface area contributed by atoms with Crippen LogP contribution in [0.1, 0.15) is 36.6 Å². The SMILES string of the molecule is CCN(C(=O)C(=O)Nc1cnc(N)c2cn[nH]c12)C(C)c1ccc(C(F)(F)C(F)(F)F)cc1C. The first-order chi connectivity index (χ1) is 15.8. The number of amides is 2. The van der Waals surface area contributed by atoms with E-state index in [0.717, 1.165) is 17.0 Å². The first-order valence-electron chi connectivity index (χ1n) is 10.0. The van der Waals surface area contributed by atoms with E-state index in [9.17, 15) is 31.5 Å². The number of likely N-dealkylation sites (N-methyl/N-ethyl adjacent to an activating group) is 1. The van der Waals surface area contributed by atoms with Crippen molar-refractivity contribution in [3.8, 4) is 0 Å². The van der Waals surface area contributed by atoms with Gasteiger partial charge in [0.05, 0.1) is 35.0 Å². The second-order valence-corrected chi connectivity index (χ2v) is 7.58. The molecule has 34 heavy (non-hydrogen) atoms. The monoisotopic (exact) mass is 484 g/mol. The van der Waals surface area contributed by atoms with E-state index in [1.807, 2.05) is 0 Å². The fourth-order valence-electron chi connectivity index (χ4n) is 3.62. The van der Waals surface area contributed by atoms with E-state index in [1.165, 1.54) is 26.2 Å². The van der Waals surface area contributed by atoms with Crippen molar-refractivity contribution in [3.63, 3.8) is 0 Å². The molecule has 0 radical (unpaired) electrons. The molecule has 2 heterocycles. The smallest absolute Gasteiger partial charge is 0.383 e. The number of aromatic amines is 1. The maximum absolute atomic E-state index is 13.7. The Balaban J connectivity index is 1.84. The number of pyridine rings is 1. The van der Waals surface area contributed by atoms with Crippen LogP contribution in [-0.4, -0.2) is 44.6 Å². The molecule has 0 saturated carbocycles. The van der Waals surface area contributed by atoms with Gasteiger partial charge in [-0.05, 0) is 38.0 Å². The lowest BCUT2D eigenvalue weighted by molar-refractivity contribution is -0.289. The molecule has 3 aromatic rings. The van der Waals surface area contributed by atoms with Gasteiger partial charge in [0.2, 0.25) is 0 Å². The fraction of sp³-hybridized carbons (Fsp3) is 0.333. The Morgan fingerprint density at radius 3 is 2.47 bits per heavy atom. The van der Waals surface area contributed by atoms with Crippen LogP contribution in [0.3, 0.4) is 0 Å². The normalized spacial score (nSPS) is 13.1. The van der Waals surface area contributed by atoms with Crippen LogP contribution in [0.15, 0.2) is 30.6 Å². The Morgan fingerprint density at radius 2 is 1.88 bits per heavy atom. The maximum atomic E-state index is 13.7. The van der Waals surface area contributed by atoms with Gasteiger partial charge in [0.1, 0.15) is 5.82 Å². The first kappa shape index (κ1) is 24.9. The minimum absolute atomic E-state index is 0.0623. The Labute approximate surface area is 190 Å². The first-order valence-corrected chi connectivity index (χ1v) is 10.0. The van der Waals surface area contributed by atoms with Crippen LogP contribution in [0, 0.1) is 6.92 Å². The van der Waals surface area contributed by atoms with Gasteiger partial charge in [0.25, 0.3) is 0 Å². The van der Waals surface area contributed by atoms with Gasteiger partial charge in [-0.1, -0.05) is 12.1 Å². The number of H-pyrrole nitrogens is 1.